The number of pyridine rings is 1. The van der Waals surface area contributed by atoms with Crippen LogP contribution in [0.15, 0.2) is 71.7 Å². The number of carbonyl (C=O) groups excluding carboxylic acids is 2. The highest BCUT2D eigenvalue weighted by molar-refractivity contribution is 5.97. The Hall–Kier alpha value is -4.07. The minimum absolute atomic E-state index is 0.115. The first kappa shape index (κ1) is 19.3. The van der Waals surface area contributed by atoms with Gasteiger partial charge in [-0.05, 0) is 55.5 Å². The molecule has 0 saturated carbocycles. The molecular formula is C22H17FN4O3. The number of nitrogens with one attached hydrogen (secondary N) is 1. The monoisotopic (exact) mass is 404 g/mol. The molecule has 0 aliphatic rings. The van der Waals surface area contributed by atoms with Gasteiger partial charge in [0.25, 0.3) is 0 Å². The van der Waals surface area contributed by atoms with E-state index in [1.807, 2.05) is 0 Å². The van der Waals surface area contributed by atoms with Crippen LogP contribution >= 0.6 is 0 Å². The van der Waals surface area contributed by atoms with Gasteiger partial charge in [-0.3, -0.25) is 14.2 Å². The zero-order chi connectivity index (χ0) is 21.3. The third kappa shape index (κ3) is 3.62. The number of nitrogens with zero attached hydrogens (tertiary/aromatic N) is 3. The lowest BCUT2D eigenvalue weighted by atomic mass is 10.1. The van der Waals surface area contributed by atoms with E-state index in [0.29, 0.717) is 28.1 Å². The first-order valence-corrected chi connectivity index (χ1v) is 9.17. The second-order valence-electron chi connectivity index (χ2n) is 6.71. The largest absolute Gasteiger partial charge is 0.335 e. The van der Waals surface area contributed by atoms with Crippen molar-refractivity contribution in [3.63, 3.8) is 0 Å². The minimum Gasteiger partial charge on any atom is -0.325 e. The second-order valence-corrected chi connectivity index (χ2v) is 6.71. The molecule has 0 aliphatic carbocycles. The lowest BCUT2D eigenvalue weighted by molar-refractivity contribution is -0.116. The van der Waals surface area contributed by atoms with E-state index in [2.05, 4.69) is 10.3 Å². The van der Waals surface area contributed by atoms with Gasteiger partial charge in [-0.1, -0.05) is 12.1 Å². The van der Waals surface area contributed by atoms with Crippen molar-refractivity contribution in [1.29, 1.82) is 0 Å². The van der Waals surface area contributed by atoms with Crippen molar-refractivity contribution in [1.82, 2.24) is 14.1 Å². The van der Waals surface area contributed by atoms with Gasteiger partial charge in [0.15, 0.2) is 11.4 Å². The first-order valence-electron chi connectivity index (χ1n) is 9.17. The molecule has 2 aromatic carbocycles. The number of rotatable bonds is 5. The zero-order valence-corrected chi connectivity index (χ0v) is 16.0. The highest BCUT2D eigenvalue weighted by Crippen LogP contribution is 2.17. The second kappa shape index (κ2) is 7.75. The normalized spacial score (nSPS) is 10.9. The van der Waals surface area contributed by atoms with E-state index >= 15 is 0 Å². The van der Waals surface area contributed by atoms with Gasteiger partial charge >= 0.3 is 5.69 Å². The zero-order valence-electron chi connectivity index (χ0n) is 16.0. The smallest absolute Gasteiger partial charge is 0.325 e. The van der Waals surface area contributed by atoms with Crippen molar-refractivity contribution in [2.45, 2.75) is 13.5 Å². The topological polar surface area (TPSA) is 86.0 Å². The highest BCUT2D eigenvalue weighted by atomic mass is 19.1. The summed E-state index contributed by atoms with van der Waals surface area (Å²) in [5.74, 6) is -0.966. The summed E-state index contributed by atoms with van der Waals surface area (Å²) in [6.45, 7) is 1.19. The Kier molecular flexibility index (Phi) is 4.97. The van der Waals surface area contributed by atoms with Crippen LogP contribution in [0.4, 0.5) is 10.1 Å². The Morgan fingerprint density at radius 3 is 2.57 bits per heavy atom. The number of fused-ring (bicyclic) bond motifs is 1. The molecule has 2 heterocycles. The number of Topliss-reactive ketones (excluding diaryl/α,β-unsaturated/α-hetero) is 1. The number of carbonyl (C=O) groups is 2. The van der Waals surface area contributed by atoms with Crippen LogP contribution in [-0.4, -0.2) is 25.8 Å². The lowest BCUT2D eigenvalue weighted by Gasteiger charge is -2.07. The van der Waals surface area contributed by atoms with Gasteiger partial charge in [-0.2, -0.15) is 0 Å². The van der Waals surface area contributed by atoms with E-state index in [0.717, 1.165) is 0 Å². The third-order valence-electron chi connectivity index (χ3n) is 4.63. The summed E-state index contributed by atoms with van der Waals surface area (Å²) in [7, 11) is 0. The summed E-state index contributed by atoms with van der Waals surface area (Å²) in [6.07, 6.45) is 1.54. The molecule has 150 valence electrons. The Labute approximate surface area is 170 Å². The number of hydrogen-bond donors (Lipinski definition) is 1. The summed E-state index contributed by atoms with van der Waals surface area (Å²) in [4.78, 5) is 41.5. The fraction of sp³-hybridized carbons (Fsp3) is 0.0909. The number of hydrogen-bond acceptors (Lipinski definition) is 4. The average molecular weight is 404 g/mol. The van der Waals surface area contributed by atoms with E-state index < -0.39 is 17.4 Å². The van der Waals surface area contributed by atoms with Crippen LogP contribution in [0.2, 0.25) is 0 Å². The first-order chi connectivity index (χ1) is 14.4. The van der Waals surface area contributed by atoms with Crippen LogP contribution in [-0.2, 0) is 11.3 Å². The van der Waals surface area contributed by atoms with Crippen LogP contribution < -0.4 is 11.0 Å². The molecule has 30 heavy (non-hydrogen) atoms. The minimum atomic E-state index is -0.469. The number of aromatic nitrogens is 3. The van der Waals surface area contributed by atoms with Crippen LogP contribution in [0, 0.1) is 5.82 Å². The van der Waals surface area contributed by atoms with E-state index in [1.165, 1.54) is 40.3 Å². The molecule has 0 atom stereocenters. The van der Waals surface area contributed by atoms with Crippen LogP contribution in [0.3, 0.4) is 0 Å². The molecule has 7 nitrogen and oxygen atoms in total. The van der Waals surface area contributed by atoms with Crippen molar-refractivity contribution in [3.8, 4) is 5.69 Å². The molecule has 4 rings (SSSR count). The Balaban J connectivity index is 1.69. The van der Waals surface area contributed by atoms with Crippen molar-refractivity contribution in [3.05, 3.63) is 88.7 Å². The van der Waals surface area contributed by atoms with Gasteiger partial charge in [0.2, 0.25) is 5.91 Å². The van der Waals surface area contributed by atoms with E-state index in [1.54, 1.807) is 42.6 Å². The van der Waals surface area contributed by atoms with Crippen molar-refractivity contribution < 1.29 is 14.0 Å². The lowest BCUT2D eigenvalue weighted by Crippen LogP contribution is -2.29. The van der Waals surface area contributed by atoms with Gasteiger partial charge in [0.1, 0.15) is 12.4 Å². The van der Waals surface area contributed by atoms with Crippen LogP contribution in [0.25, 0.3) is 16.9 Å². The number of benzene rings is 2. The van der Waals surface area contributed by atoms with Gasteiger partial charge in [0, 0.05) is 17.4 Å². The molecule has 1 N–H and O–H groups in total. The summed E-state index contributed by atoms with van der Waals surface area (Å²) in [5, 5.41) is 2.70. The van der Waals surface area contributed by atoms with Gasteiger partial charge < -0.3 is 5.32 Å². The molecule has 0 fully saturated rings. The molecule has 0 radical (unpaired) electrons. The van der Waals surface area contributed by atoms with Gasteiger partial charge in [-0.25, -0.2) is 18.7 Å². The number of amides is 1. The summed E-state index contributed by atoms with van der Waals surface area (Å²) >= 11 is 0. The molecule has 2 aromatic heterocycles. The molecule has 0 saturated heterocycles. The predicted molar refractivity (Wildman–Crippen MR) is 110 cm³/mol. The van der Waals surface area contributed by atoms with Gasteiger partial charge in [-0.15, -0.1) is 0 Å². The predicted octanol–water partition coefficient (Wildman–Crippen LogP) is 3.17. The van der Waals surface area contributed by atoms with Crippen molar-refractivity contribution in [2.75, 3.05) is 5.32 Å². The van der Waals surface area contributed by atoms with Crippen LogP contribution in [0.5, 0.6) is 0 Å². The number of anilines is 1. The molecule has 0 unspecified atom stereocenters. The van der Waals surface area contributed by atoms with Crippen LogP contribution in [0.1, 0.15) is 17.3 Å². The number of halogens is 1. The Morgan fingerprint density at radius 2 is 1.83 bits per heavy atom. The summed E-state index contributed by atoms with van der Waals surface area (Å²) in [5.41, 5.74) is 1.74. The molecule has 0 bridgehead atoms. The molecule has 1 amide bonds. The maximum Gasteiger partial charge on any atom is 0.335 e. The summed E-state index contributed by atoms with van der Waals surface area (Å²) in [6, 6.07) is 15.4. The molecule has 8 heteroatoms. The van der Waals surface area contributed by atoms with Gasteiger partial charge in [0.05, 0.1) is 11.2 Å². The Bertz CT molecular complexity index is 1320. The van der Waals surface area contributed by atoms with E-state index in [4.69, 9.17) is 0 Å². The molecular weight excluding hydrogens is 387 g/mol. The third-order valence-corrected chi connectivity index (χ3v) is 4.63. The summed E-state index contributed by atoms with van der Waals surface area (Å²) < 4.78 is 15.9. The quantitative estimate of drug-likeness (QED) is 0.518. The number of imidazole rings is 1. The highest BCUT2D eigenvalue weighted by Gasteiger charge is 2.18. The Morgan fingerprint density at radius 1 is 1.07 bits per heavy atom. The maximum atomic E-state index is 13.3. The number of ketones is 1. The molecule has 4 aromatic rings. The average Bonchev–Trinajstić information content (AvgIpc) is 3.00. The standard InChI is InChI=1S/C22H17FN4O3/c1-14(28)15-4-2-5-17(12-15)25-20(29)13-26-19-6-3-11-24-21(19)27(22(26)30)18-9-7-16(23)8-10-18/h2-12H,13H2,1H3,(H,25,29). The van der Waals surface area contributed by atoms with Crippen molar-refractivity contribution in [2.24, 2.45) is 0 Å². The van der Waals surface area contributed by atoms with E-state index in [9.17, 15) is 18.8 Å². The van der Waals surface area contributed by atoms with Crippen molar-refractivity contribution >= 4 is 28.5 Å². The fourth-order valence-corrected chi connectivity index (χ4v) is 3.22. The maximum absolute atomic E-state index is 13.3. The fourth-order valence-electron chi connectivity index (χ4n) is 3.22. The van der Waals surface area contributed by atoms with E-state index in [-0.39, 0.29) is 12.3 Å². The molecule has 0 aliphatic heterocycles. The SMILES string of the molecule is CC(=O)c1cccc(NC(=O)Cn2c(=O)n(-c3ccc(F)cc3)c3ncccc32)c1. The molecule has 0 spiro atoms.